The van der Waals surface area contributed by atoms with Crippen LogP contribution in [0.4, 0.5) is 0 Å². The molecule has 0 spiro atoms. The van der Waals surface area contributed by atoms with Crippen molar-refractivity contribution in [3.05, 3.63) is 22.6 Å². The van der Waals surface area contributed by atoms with Crippen molar-refractivity contribution in [2.75, 3.05) is 0 Å². The summed E-state index contributed by atoms with van der Waals surface area (Å²) >= 11 is 0. The highest BCUT2D eigenvalue weighted by molar-refractivity contribution is 6.88. The molecule has 0 saturated heterocycles. The lowest BCUT2D eigenvalue weighted by atomic mass is 10.2. The summed E-state index contributed by atoms with van der Waals surface area (Å²) in [5.74, 6) is 0.646. The maximum atomic E-state index is 11.7. The minimum Gasteiger partial charge on any atom is -0.424 e. The number of hydrogen-bond acceptors (Lipinski definition) is 2. The number of ether oxygens (including phenoxy) is 1. The molecule has 0 unspecified atom stereocenters. The fraction of sp³-hybridized carbons (Fsp3) is 0.688. The molecule has 0 radical (unpaired) electrons. The van der Waals surface area contributed by atoms with Crippen molar-refractivity contribution >= 4 is 14.0 Å². The van der Waals surface area contributed by atoms with Crippen LogP contribution in [-0.4, -0.2) is 14.0 Å². The summed E-state index contributed by atoms with van der Waals surface area (Å²) < 4.78 is 5.47. The van der Waals surface area contributed by atoms with Crippen molar-refractivity contribution in [3.63, 3.8) is 0 Å². The van der Waals surface area contributed by atoms with E-state index >= 15 is 0 Å². The van der Waals surface area contributed by atoms with E-state index in [-0.39, 0.29) is 5.97 Å². The molecular formula is C16H28O2Si. The van der Waals surface area contributed by atoms with E-state index in [1.54, 1.807) is 0 Å². The summed E-state index contributed by atoms with van der Waals surface area (Å²) in [6.07, 6.45) is 0. The first-order chi connectivity index (χ1) is 8.64. The molecule has 3 heteroatoms. The van der Waals surface area contributed by atoms with Crippen molar-refractivity contribution < 1.29 is 9.53 Å². The maximum Gasteiger partial charge on any atom is 0.339 e. The Morgan fingerprint density at radius 3 is 1.58 bits per heavy atom. The van der Waals surface area contributed by atoms with Gasteiger partial charge in [0.25, 0.3) is 0 Å². The highest BCUT2D eigenvalue weighted by Crippen LogP contribution is 2.44. The lowest BCUT2D eigenvalue weighted by molar-refractivity contribution is -0.133. The average molecular weight is 280 g/mol. The molecule has 0 aliphatic carbocycles. The molecule has 0 aromatic heterocycles. The quantitative estimate of drug-likeness (QED) is 0.536. The van der Waals surface area contributed by atoms with E-state index in [0.717, 1.165) is 16.9 Å². The topological polar surface area (TPSA) is 26.3 Å². The van der Waals surface area contributed by atoms with Crippen LogP contribution in [0.1, 0.15) is 55.4 Å². The lowest BCUT2D eigenvalue weighted by Gasteiger charge is -2.40. The third kappa shape index (κ3) is 2.71. The van der Waals surface area contributed by atoms with Crippen LogP contribution >= 0.6 is 0 Å². The van der Waals surface area contributed by atoms with E-state index in [9.17, 15) is 4.79 Å². The van der Waals surface area contributed by atoms with E-state index in [0.29, 0.717) is 16.6 Å². The third-order valence-electron chi connectivity index (χ3n) is 4.82. The van der Waals surface area contributed by atoms with Crippen LogP contribution in [0, 0.1) is 0 Å². The molecule has 1 rings (SSSR count). The Bertz CT molecular complexity index is 406. The first-order valence-electron chi connectivity index (χ1n) is 7.27. The van der Waals surface area contributed by atoms with Gasteiger partial charge in [0.1, 0.15) is 5.76 Å². The van der Waals surface area contributed by atoms with E-state index in [2.05, 4.69) is 47.2 Å². The number of carbonyl (C=O) groups is 1. The van der Waals surface area contributed by atoms with Gasteiger partial charge in [-0.3, -0.25) is 0 Å². The minimum atomic E-state index is -1.67. The molecule has 0 N–H and O–H groups in total. The molecular weight excluding hydrogens is 252 g/mol. The predicted molar refractivity (Wildman–Crippen MR) is 83.6 cm³/mol. The molecule has 1 aliphatic rings. The van der Waals surface area contributed by atoms with Crippen LogP contribution in [0.5, 0.6) is 0 Å². The van der Waals surface area contributed by atoms with Crippen LogP contribution in [0.2, 0.25) is 16.6 Å². The van der Waals surface area contributed by atoms with Gasteiger partial charge in [-0.25, -0.2) is 4.79 Å². The standard InChI is InChI=1S/C16H28O2Si/c1-10(2)19(11(3)4,12(5)6)9-15-13(7)14(8)16(17)18-15/h9-12H,1-8H3/b15-9-. The Hall–Kier alpha value is -0.833. The molecule has 0 bridgehead atoms. The molecule has 19 heavy (non-hydrogen) atoms. The molecule has 0 aromatic carbocycles. The molecule has 1 aliphatic heterocycles. The first kappa shape index (κ1) is 16.2. The van der Waals surface area contributed by atoms with Crippen molar-refractivity contribution in [2.45, 2.75) is 72.0 Å². The van der Waals surface area contributed by atoms with Crippen LogP contribution < -0.4 is 0 Å². The minimum absolute atomic E-state index is 0.178. The second-order valence-corrected chi connectivity index (χ2v) is 12.4. The van der Waals surface area contributed by atoms with Crippen LogP contribution in [0.3, 0.4) is 0 Å². The van der Waals surface area contributed by atoms with E-state index in [4.69, 9.17) is 4.74 Å². The Labute approximate surface area is 118 Å². The van der Waals surface area contributed by atoms with Crippen LogP contribution in [0.15, 0.2) is 22.6 Å². The van der Waals surface area contributed by atoms with Gasteiger partial charge in [0.2, 0.25) is 0 Å². The molecule has 108 valence electrons. The number of esters is 1. The molecule has 0 fully saturated rings. The third-order valence-corrected chi connectivity index (χ3v) is 11.6. The van der Waals surface area contributed by atoms with Gasteiger partial charge >= 0.3 is 5.97 Å². The second-order valence-electron chi connectivity index (χ2n) is 6.61. The van der Waals surface area contributed by atoms with Crippen LogP contribution in [0.25, 0.3) is 0 Å². The van der Waals surface area contributed by atoms with Gasteiger partial charge in [0.05, 0.1) is 8.07 Å². The number of cyclic esters (lactones) is 1. The van der Waals surface area contributed by atoms with Crippen molar-refractivity contribution in [2.24, 2.45) is 0 Å². The summed E-state index contributed by atoms with van der Waals surface area (Å²) in [6, 6.07) is 0. The van der Waals surface area contributed by atoms with Crippen molar-refractivity contribution in [1.82, 2.24) is 0 Å². The Kier molecular flexibility index (Phi) is 4.83. The normalized spacial score (nSPS) is 19.3. The number of allylic oxidation sites excluding steroid dienone is 1. The van der Waals surface area contributed by atoms with Gasteiger partial charge in [0, 0.05) is 11.1 Å². The van der Waals surface area contributed by atoms with Crippen molar-refractivity contribution in [1.29, 1.82) is 0 Å². The van der Waals surface area contributed by atoms with Crippen LogP contribution in [-0.2, 0) is 9.53 Å². The van der Waals surface area contributed by atoms with Gasteiger partial charge in [-0.05, 0) is 30.5 Å². The van der Waals surface area contributed by atoms with Gasteiger partial charge in [-0.15, -0.1) is 0 Å². The molecule has 0 saturated carbocycles. The number of hydrogen-bond donors (Lipinski definition) is 0. The van der Waals surface area contributed by atoms with Gasteiger partial charge < -0.3 is 4.74 Å². The largest absolute Gasteiger partial charge is 0.424 e. The highest BCUT2D eigenvalue weighted by Gasteiger charge is 2.42. The SMILES string of the molecule is CC1=C(C)/C(=C/[Si](C(C)C)(C(C)C)C(C)C)OC1=O. The number of carbonyl (C=O) groups excluding carboxylic acids is 1. The molecule has 0 aromatic rings. The van der Waals surface area contributed by atoms with E-state index in [1.165, 1.54) is 0 Å². The maximum absolute atomic E-state index is 11.7. The van der Waals surface area contributed by atoms with Gasteiger partial charge in [-0.1, -0.05) is 47.2 Å². The summed E-state index contributed by atoms with van der Waals surface area (Å²) in [5, 5.41) is 0. The first-order valence-corrected chi connectivity index (χ1v) is 9.58. The molecule has 0 atom stereocenters. The highest BCUT2D eigenvalue weighted by atomic mass is 28.3. The number of rotatable bonds is 4. The zero-order valence-electron chi connectivity index (χ0n) is 13.6. The summed E-state index contributed by atoms with van der Waals surface area (Å²) in [4.78, 5) is 11.7. The Balaban J connectivity index is 3.35. The zero-order chi connectivity index (χ0) is 15.0. The fourth-order valence-corrected chi connectivity index (χ4v) is 9.19. The summed E-state index contributed by atoms with van der Waals surface area (Å²) in [5.41, 5.74) is 6.01. The fourth-order valence-electron chi connectivity index (χ4n) is 3.46. The second kappa shape index (κ2) is 5.66. The molecule has 0 amide bonds. The smallest absolute Gasteiger partial charge is 0.339 e. The molecule has 2 nitrogen and oxygen atoms in total. The average Bonchev–Trinajstić information content (AvgIpc) is 2.52. The van der Waals surface area contributed by atoms with E-state index < -0.39 is 8.07 Å². The summed E-state index contributed by atoms with van der Waals surface area (Å²) in [6.45, 7) is 17.7. The zero-order valence-corrected chi connectivity index (χ0v) is 14.6. The van der Waals surface area contributed by atoms with Gasteiger partial charge in [0.15, 0.2) is 0 Å². The lowest BCUT2D eigenvalue weighted by Crippen LogP contribution is -2.43. The van der Waals surface area contributed by atoms with Crippen molar-refractivity contribution in [3.8, 4) is 0 Å². The Morgan fingerprint density at radius 1 is 0.895 bits per heavy atom. The monoisotopic (exact) mass is 280 g/mol. The summed E-state index contributed by atoms with van der Waals surface area (Å²) in [7, 11) is -1.67. The van der Waals surface area contributed by atoms with Gasteiger partial charge in [-0.2, -0.15) is 0 Å². The Morgan fingerprint density at radius 2 is 1.32 bits per heavy atom. The predicted octanol–water partition coefficient (Wildman–Crippen LogP) is 4.98. The molecule has 1 heterocycles. The van der Waals surface area contributed by atoms with E-state index in [1.807, 2.05) is 13.8 Å².